The van der Waals surface area contributed by atoms with Crippen molar-refractivity contribution in [2.24, 2.45) is 0 Å². The van der Waals surface area contributed by atoms with Crippen molar-refractivity contribution in [3.8, 4) is 0 Å². The third-order valence-electron chi connectivity index (χ3n) is 2.78. The molecule has 6 heteroatoms. The molecule has 0 heterocycles. The monoisotopic (exact) mass is 335 g/mol. The summed E-state index contributed by atoms with van der Waals surface area (Å²) in [4.78, 5) is 23.3. The SMILES string of the molecule is O=C(O)C(=Cc1ccc(Cl)cc1Cl)NC(=O)c1ccccc1. The van der Waals surface area contributed by atoms with Gasteiger partial charge in [0.25, 0.3) is 5.91 Å². The van der Waals surface area contributed by atoms with Crippen LogP contribution in [0.15, 0.2) is 54.2 Å². The van der Waals surface area contributed by atoms with Gasteiger partial charge in [-0.3, -0.25) is 4.79 Å². The lowest BCUT2D eigenvalue weighted by atomic mass is 10.1. The summed E-state index contributed by atoms with van der Waals surface area (Å²) in [5.74, 6) is -1.78. The van der Waals surface area contributed by atoms with Crippen LogP contribution in [-0.4, -0.2) is 17.0 Å². The Morgan fingerprint density at radius 3 is 2.32 bits per heavy atom. The highest BCUT2D eigenvalue weighted by atomic mass is 35.5. The number of hydrogen-bond donors (Lipinski definition) is 2. The van der Waals surface area contributed by atoms with Crippen LogP contribution >= 0.6 is 23.2 Å². The second kappa shape index (κ2) is 7.11. The van der Waals surface area contributed by atoms with Crippen molar-refractivity contribution in [1.82, 2.24) is 5.32 Å². The zero-order valence-corrected chi connectivity index (χ0v) is 12.7. The van der Waals surface area contributed by atoms with Crippen molar-refractivity contribution in [2.75, 3.05) is 0 Å². The molecule has 0 unspecified atom stereocenters. The number of carboxylic acids is 1. The van der Waals surface area contributed by atoms with Crippen LogP contribution in [0.4, 0.5) is 0 Å². The normalized spacial score (nSPS) is 11.1. The highest BCUT2D eigenvalue weighted by molar-refractivity contribution is 6.35. The maximum Gasteiger partial charge on any atom is 0.352 e. The summed E-state index contributed by atoms with van der Waals surface area (Å²) in [5, 5.41) is 12.3. The topological polar surface area (TPSA) is 66.4 Å². The minimum Gasteiger partial charge on any atom is -0.477 e. The van der Waals surface area contributed by atoms with Crippen LogP contribution in [0, 0.1) is 0 Å². The molecule has 0 radical (unpaired) electrons. The average Bonchev–Trinajstić information content (AvgIpc) is 2.49. The fourth-order valence-electron chi connectivity index (χ4n) is 1.71. The fourth-order valence-corrected chi connectivity index (χ4v) is 2.17. The molecule has 0 aromatic heterocycles. The van der Waals surface area contributed by atoms with Gasteiger partial charge in [0.15, 0.2) is 0 Å². The number of benzene rings is 2. The Morgan fingerprint density at radius 1 is 1.05 bits per heavy atom. The van der Waals surface area contributed by atoms with Gasteiger partial charge in [-0.1, -0.05) is 47.5 Å². The summed E-state index contributed by atoms with van der Waals surface area (Å²) < 4.78 is 0. The van der Waals surface area contributed by atoms with E-state index in [2.05, 4.69) is 5.32 Å². The number of hydrogen-bond acceptors (Lipinski definition) is 2. The van der Waals surface area contributed by atoms with Crippen molar-refractivity contribution in [3.63, 3.8) is 0 Å². The highest BCUT2D eigenvalue weighted by Crippen LogP contribution is 2.22. The molecule has 2 N–H and O–H groups in total. The summed E-state index contributed by atoms with van der Waals surface area (Å²) >= 11 is 11.8. The molecular weight excluding hydrogens is 325 g/mol. The summed E-state index contributed by atoms with van der Waals surface area (Å²) in [6.45, 7) is 0. The Kier molecular flexibility index (Phi) is 5.20. The van der Waals surface area contributed by atoms with E-state index in [-0.39, 0.29) is 5.70 Å². The maximum absolute atomic E-state index is 12.0. The Labute approximate surface area is 137 Å². The van der Waals surface area contributed by atoms with Gasteiger partial charge in [0.1, 0.15) is 5.70 Å². The number of rotatable bonds is 4. The van der Waals surface area contributed by atoms with Crippen LogP contribution in [0.5, 0.6) is 0 Å². The van der Waals surface area contributed by atoms with E-state index in [4.69, 9.17) is 23.2 Å². The molecule has 0 saturated carbocycles. The number of carboxylic acid groups (broad SMARTS) is 1. The second-order valence-electron chi connectivity index (χ2n) is 4.35. The first-order valence-electron chi connectivity index (χ1n) is 6.24. The van der Waals surface area contributed by atoms with Crippen LogP contribution in [-0.2, 0) is 4.79 Å². The van der Waals surface area contributed by atoms with Crippen LogP contribution in [0.25, 0.3) is 6.08 Å². The van der Waals surface area contributed by atoms with Crippen molar-refractivity contribution in [3.05, 3.63) is 75.4 Å². The predicted molar refractivity (Wildman–Crippen MR) is 86.0 cm³/mol. The van der Waals surface area contributed by atoms with E-state index in [1.54, 1.807) is 42.5 Å². The zero-order chi connectivity index (χ0) is 16.1. The van der Waals surface area contributed by atoms with E-state index >= 15 is 0 Å². The molecule has 0 aliphatic rings. The number of halogens is 2. The van der Waals surface area contributed by atoms with E-state index in [0.717, 1.165) is 0 Å². The number of carbonyl (C=O) groups excluding carboxylic acids is 1. The third kappa shape index (κ3) is 4.10. The molecule has 0 aliphatic heterocycles. The second-order valence-corrected chi connectivity index (χ2v) is 5.19. The first-order valence-corrected chi connectivity index (χ1v) is 6.99. The Hall–Kier alpha value is -2.30. The van der Waals surface area contributed by atoms with Crippen molar-refractivity contribution in [2.45, 2.75) is 0 Å². The molecule has 0 saturated heterocycles. The average molecular weight is 336 g/mol. The Balaban J connectivity index is 2.29. The molecule has 0 spiro atoms. The first-order chi connectivity index (χ1) is 10.5. The largest absolute Gasteiger partial charge is 0.477 e. The maximum atomic E-state index is 12.0. The first kappa shape index (κ1) is 16.1. The van der Waals surface area contributed by atoms with Crippen LogP contribution in [0.3, 0.4) is 0 Å². The van der Waals surface area contributed by atoms with Gasteiger partial charge in [-0.15, -0.1) is 0 Å². The summed E-state index contributed by atoms with van der Waals surface area (Å²) in [5.41, 5.74) is 0.520. The fraction of sp³-hybridized carbons (Fsp3) is 0. The third-order valence-corrected chi connectivity index (χ3v) is 3.34. The summed E-state index contributed by atoms with van der Waals surface area (Å²) in [7, 11) is 0. The molecule has 1 amide bonds. The number of amides is 1. The van der Waals surface area contributed by atoms with Gasteiger partial charge in [-0.05, 0) is 35.9 Å². The molecule has 0 aliphatic carbocycles. The lowest BCUT2D eigenvalue weighted by Gasteiger charge is -2.07. The highest BCUT2D eigenvalue weighted by Gasteiger charge is 2.14. The Morgan fingerprint density at radius 2 is 1.73 bits per heavy atom. The van der Waals surface area contributed by atoms with Crippen molar-refractivity contribution >= 4 is 41.2 Å². The smallest absolute Gasteiger partial charge is 0.352 e. The molecule has 0 bridgehead atoms. The van der Waals surface area contributed by atoms with Gasteiger partial charge < -0.3 is 10.4 Å². The molecule has 2 aromatic rings. The minimum atomic E-state index is -1.27. The van der Waals surface area contributed by atoms with Gasteiger partial charge in [-0.2, -0.15) is 0 Å². The molecule has 0 atom stereocenters. The summed E-state index contributed by atoms with van der Waals surface area (Å²) in [6, 6.07) is 13.0. The molecule has 2 aromatic carbocycles. The van der Waals surface area contributed by atoms with Crippen molar-refractivity contribution < 1.29 is 14.7 Å². The van der Waals surface area contributed by atoms with Gasteiger partial charge in [0.05, 0.1) is 0 Å². The lowest BCUT2D eigenvalue weighted by Crippen LogP contribution is -2.27. The van der Waals surface area contributed by atoms with Gasteiger partial charge >= 0.3 is 5.97 Å². The van der Waals surface area contributed by atoms with E-state index in [9.17, 15) is 14.7 Å². The molecule has 2 rings (SSSR count). The molecule has 4 nitrogen and oxygen atoms in total. The van der Waals surface area contributed by atoms with E-state index in [1.165, 1.54) is 12.1 Å². The van der Waals surface area contributed by atoms with E-state index in [1.807, 2.05) is 0 Å². The minimum absolute atomic E-state index is 0.280. The molecule has 22 heavy (non-hydrogen) atoms. The van der Waals surface area contributed by atoms with Gasteiger partial charge in [0, 0.05) is 15.6 Å². The number of nitrogens with one attached hydrogen (secondary N) is 1. The van der Waals surface area contributed by atoms with Crippen LogP contribution in [0.2, 0.25) is 10.0 Å². The number of aliphatic carboxylic acids is 1. The van der Waals surface area contributed by atoms with Crippen molar-refractivity contribution in [1.29, 1.82) is 0 Å². The summed E-state index contributed by atoms with van der Waals surface area (Å²) in [6.07, 6.45) is 1.28. The quantitative estimate of drug-likeness (QED) is 0.834. The predicted octanol–water partition coefficient (Wildman–Crippen LogP) is 3.85. The number of carbonyl (C=O) groups is 2. The molecular formula is C16H11Cl2NO3. The lowest BCUT2D eigenvalue weighted by molar-refractivity contribution is -0.132. The van der Waals surface area contributed by atoms with Crippen LogP contribution in [0.1, 0.15) is 15.9 Å². The molecule has 112 valence electrons. The van der Waals surface area contributed by atoms with E-state index in [0.29, 0.717) is 21.2 Å². The van der Waals surface area contributed by atoms with E-state index < -0.39 is 11.9 Å². The van der Waals surface area contributed by atoms with Gasteiger partial charge in [-0.25, -0.2) is 4.79 Å². The molecule has 0 fully saturated rings. The Bertz CT molecular complexity index is 742. The zero-order valence-electron chi connectivity index (χ0n) is 11.2. The van der Waals surface area contributed by atoms with Gasteiger partial charge in [0.2, 0.25) is 0 Å². The van der Waals surface area contributed by atoms with Crippen LogP contribution < -0.4 is 5.32 Å². The standard InChI is InChI=1S/C16H11Cl2NO3/c17-12-7-6-11(13(18)9-12)8-14(16(21)22)19-15(20)10-4-2-1-3-5-10/h1-9H,(H,19,20)(H,21,22).